The van der Waals surface area contributed by atoms with E-state index in [0.29, 0.717) is 11.3 Å². The minimum Gasteiger partial charge on any atom is -0.484 e. The average molecular weight is 370 g/mol. The molecule has 0 aliphatic carbocycles. The van der Waals surface area contributed by atoms with Crippen molar-refractivity contribution in [2.45, 2.75) is 32.3 Å². The highest BCUT2D eigenvalue weighted by molar-refractivity contribution is 5.86. The SMILES string of the molecule is COC(C(=O)NNC(=O)COc1ccc(C(C)(C)C)cc1)c1ccccc1. The van der Waals surface area contributed by atoms with Crippen molar-refractivity contribution in [3.05, 3.63) is 65.7 Å². The molecule has 0 radical (unpaired) electrons. The van der Waals surface area contributed by atoms with Crippen molar-refractivity contribution in [1.82, 2.24) is 10.9 Å². The molecule has 27 heavy (non-hydrogen) atoms. The molecule has 144 valence electrons. The summed E-state index contributed by atoms with van der Waals surface area (Å²) in [4.78, 5) is 24.1. The molecule has 0 aliphatic heterocycles. The van der Waals surface area contributed by atoms with Gasteiger partial charge in [0.15, 0.2) is 12.7 Å². The van der Waals surface area contributed by atoms with Crippen molar-refractivity contribution in [3.63, 3.8) is 0 Å². The molecule has 1 atom stereocenters. The van der Waals surface area contributed by atoms with Crippen LogP contribution in [0, 0.1) is 0 Å². The third-order valence-corrected chi connectivity index (χ3v) is 3.99. The minimum atomic E-state index is -0.808. The first-order chi connectivity index (χ1) is 12.8. The van der Waals surface area contributed by atoms with E-state index in [1.54, 1.807) is 12.1 Å². The first-order valence-corrected chi connectivity index (χ1v) is 8.71. The van der Waals surface area contributed by atoms with Gasteiger partial charge in [0.05, 0.1) is 0 Å². The molecule has 2 amide bonds. The zero-order chi connectivity index (χ0) is 19.9. The highest BCUT2D eigenvalue weighted by Crippen LogP contribution is 2.24. The predicted molar refractivity (Wildman–Crippen MR) is 103 cm³/mol. The molecule has 2 aromatic rings. The van der Waals surface area contributed by atoms with Gasteiger partial charge in [-0.05, 0) is 28.7 Å². The standard InChI is InChI=1S/C21H26N2O4/c1-21(2,3)16-10-12-17(13-11-16)27-14-18(24)22-23-20(25)19(26-4)15-8-6-5-7-9-15/h5-13,19H,14H2,1-4H3,(H,22,24)(H,23,25). The van der Waals surface area contributed by atoms with Crippen molar-refractivity contribution < 1.29 is 19.1 Å². The van der Waals surface area contributed by atoms with E-state index < -0.39 is 17.9 Å². The molecular formula is C21H26N2O4. The number of rotatable bonds is 6. The monoisotopic (exact) mass is 370 g/mol. The van der Waals surface area contributed by atoms with Crippen molar-refractivity contribution in [1.29, 1.82) is 0 Å². The van der Waals surface area contributed by atoms with Crippen LogP contribution in [-0.4, -0.2) is 25.5 Å². The number of methoxy groups -OCH3 is 1. The van der Waals surface area contributed by atoms with Gasteiger partial charge < -0.3 is 9.47 Å². The third kappa shape index (κ3) is 6.11. The van der Waals surface area contributed by atoms with Crippen LogP contribution in [0.5, 0.6) is 5.75 Å². The van der Waals surface area contributed by atoms with E-state index in [-0.39, 0.29) is 12.0 Å². The molecule has 0 spiro atoms. The molecule has 0 bridgehead atoms. The van der Waals surface area contributed by atoms with E-state index in [9.17, 15) is 9.59 Å². The summed E-state index contributed by atoms with van der Waals surface area (Å²) >= 11 is 0. The second-order valence-electron chi connectivity index (χ2n) is 7.13. The maximum absolute atomic E-state index is 12.2. The smallest absolute Gasteiger partial charge is 0.276 e. The number of nitrogens with one attached hydrogen (secondary N) is 2. The molecule has 0 fully saturated rings. The van der Waals surface area contributed by atoms with E-state index in [1.165, 1.54) is 12.7 Å². The molecule has 0 aliphatic rings. The highest BCUT2D eigenvalue weighted by atomic mass is 16.5. The topological polar surface area (TPSA) is 76.7 Å². The van der Waals surface area contributed by atoms with Gasteiger partial charge in [-0.25, -0.2) is 0 Å². The summed E-state index contributed by atoms with van der Waals surface area (Å²) < 4.78 is 10.6. The summed E-state index contributed by atoms with van der Waals surface area (Å²) in [5.41, 5.74) is 6.61. The Hall–Kier alpha value is -2.86. The maximum atomic E-state index is 12.2. The average Bonchev–Trinajstić information content (AvgIpc) is 2.66. The van der Waals surface area contributed by atoms with Crippen molar-refractivity contribution >= 4 is 11.8 Å². The van der Waals surface area contributed by atoms with Gasteiger partial charge >= 0.3 is 0 Å². The normalized spacial score (nSPS) is 12.1. The van der Waals surface area contributed by atoms with Gasteiger partial charge in [-0.15, -0.1) is 0 Å². The highest BCUT2D eigenvalue weighted by Gasteiger charge is 2.20. The van der Waals surface area contributed by atoms with Crippen LogP contribution in [0.3, 0.4) is 0 Å². The zero-order valence-corrected chi connectivity index (χ0v) is 16.1. The minimum absolute atomic E-state index is 0.0524. The Kier molecular flexibility index (Phi) is 6.96. The lowest BCUT2D eigenvalue weighted by Crippen LogP contribution is -2.46. The molecule has 0 heterocycles. The maximum Gasteiger partial charge on any atom is 0.276 e. The summed E-state index contributed by atoms with van der Waals surface area (Å²) in [6, 6.07) is 16.6. The lowest BCUT2D eigenvalue weighted by Gasteiger charge is -2.19. The number of carbonyl (C=O) groups is 2. The van der Waals surface area contributed by atoms with Crippen LogP contribution in [0.4, 0.5) is 0 Å². The fraction of sp³-hybridized carbons (Fsp3) is 0.333. The molecule has 0 saturated carbocycles. The summed E-state index contributed by atoms with van der Waals surface area (Å²) in [7, 11) is 1.43. The fourth-order valence-electron chi connectivity index (χ4n) is 2.46. The number of amides is 2. The molecule has 2 aromatic carbocycles. The Labute approximate surface area is 159 Å². The second kappa shape index (κ2) is 9.19. The van der Waals surface area contributed by atoms with Gasteiger partial charge in [-0.3, -0.25) is 20.4 Å². The Balaban J connectivity index is 1.81. The molecule has 1 unspecified atom stereocenters. The van der Waals surface area contributed by atoms with E-state index in [1.807, 2.05) is 42.5 Å². The van der Waals surface area contributed by atoms with Gasteiger partial charge in [-0.1, -0.05) is 63.2 Å². The Morgan fingerprint density at radius 1 is 0.963 bits per heavy atom. The van der Waals surface area contributed by atoms with Crippen LogP contribution in [-0.2, 0) is 19.7 Å². The number of benzene rings is 2. The first kappa shape index (κ1) is 20.5. The lowest BCUT2D eigenvalue weighted by molar-refractivity contribution is -0.136. The van der Waals surface area contributed by atoms with E-state index in [2.05, 4.69) is 31.6 Å². The predicted octanol–water partition coefficient (Wildman–Crippen LogP) is 2.90. The van der Waals surface area contributed by atoms with Gasteiger partial charge in [0.2, 0.25) is 0 Å². The van der Waals surface area contributed by atoms with Crippen LogP contribution in [0.25, 0.3) is 0 Å². The van der Waals surface area contributed by atoms with Crippen molar-refractivity contribution in [2.24, 2.45) is 0 Å². The van der Waals surface area contributed by atoms with E-state index in [0.717, 1.165) is 0 Å². The number of carbonyl (C=O) groups excluding carboxylic acids is 2. The van der Waals surface area contributed by atoms with Gasteiger partial charge in [0.1, 0.15) is 5.75 Å². The Bertz CT molecular complexity index is 752. The van der Waals surface area contributed by atoms with Crippen LogP contribution >= 0.6 is 0 Å². The van der Waals surface area contributed by atoms with Gasteiger partial charge in [-0.2, -0.15) is 0 Å². The summed E-state index contributed by atoms with van der Waals surface area (Å²) in [5.74, 6) is -0.346. The molecule has 2 N–H and O–H groups in total. The van der Waals surface area contributed by atoms with E-state index >= 15 is 0 Å². The molecule has 6 heteroatoms. The zero-order valence-electron chi connectivity index (χ0n) is 16.1. The van der Waals surface area contributed by atoms with Crippen LogP contribution in [0.15, 0.2) is 54.6 Å². The van der Waals surface area contributed by atoms with Crippen LogP contribution in [0.2, 0.25) is 0 Å². The van der Waals surface area contributed by atoms with Crippen LogP contribution < -0.4 is 15.6 Å². The van der Waals surface area contributed by atoms with Crippen molar-refractivity contribution in [2.75, 3.05) is 13.7 Å². The number of hydrogen-bond donors (Lipinski definition) is 2. The summed E-state index contributed by atoms with van der Waals surface area (Å²) in [6.45, 7) is 6.17. The quantitative estimate of drug-likeness (QED) is 0.767. The Morgan fingerprint density at radius 2 is 1.59 bits per heavy atom. The van der Waals surface area contributed by atoms with E-state index in [4.69, 9.17) is 9.47 Å². The number of hydrazine groups is 1. The van der Waals surface area contributed by atoms with Gasteiger partial charge in [0, 0.05) is 7.11 Å². The largest absolute Gasteiger partial charge is 0.484 e. The lowest BCUT2D eigenvalue weighted by atomic mass is 9.87. The molecule has 2 rings (SSSR count). The molecule has 0 aromatic heterocycles. The van der Waals surface area contributed by atoms with Crippen molar-refractivity contribution in [3.8, 4) is 5.75 Å². The summed E-state index contributed by atoms with van der Waals surface area (Å²) in [6.07, 6.45) is -0.808. The molecule has 6 nitrogen and oxygen atoms in total. The molecule has 0 saturated heterocycles. The molecular weight excluding hydrogens is 344 g/mol. The fourth-order valence-corrected chi connectivity index (χ4v) is 2.46. The first-order valence-electron chi connectivity index (χ1n) is 8.71. The Morgan fingerprint density at radius 3 is 2.15 bits per heavy atom. The number of hydrogen-bond acceptors (Lipinski definition) is 4. The van der Waals surface area contributed by atoms with Crippen LogP contribution in [0.1, 0.15) is 38.0 Å². The number of ether oxygens (including phenoxy) is 2. The third-order valence-electron chi connectivity index (χ3n) is 3.99. The summed E-state index contributed by atoms with van der Waals surface area (Å²) in [5, 5.41) is 0. The second-order valence-corrected chi connectivity index (χ2v) is 7.13. The van der Waals surface area contributed by atoms with Gasteiger partial charge in [0.25, 0.3) is 11.8 Å².